The van der Waals surface area contributed by atoms with Crippen LogP contribution in [0.4, 0.5) is 0 Å². The molecule has 0 spiro atoms. The number of hydrogen-bond acceptors (Lipinski definition) is 3. The number of hydrogen-bond donors (Lipinski definition) is 2. The summed E-state index contributed by atoms with van der Waals surface area (Å²) in [7, 11) is 1.94. The summed E-state index contributed by atoms with van der Waals surface area (Å²) < 4.78 is 7.15. The van der Waals surface area contributed by atoms with E-state index in [9.17, 15) is 0 Å². The second-order valence-electron chi connectivity index (χ2n) is 4.86. The molecule has 0 saturated heterocycles. The van der Waals surface area contributed by atoms with E-state index in [4.69, 9.17) is 4.74 Å². The van der Waals surface area contributed by atoms with Crippen molar-refractivity contribution < 1.29 is 4.74 Å². The molecule has 0 amide bonds. The van der Waals surface area contributed by atoms with E-state index in [-0.39, 0.29) is 0 Å². The van der Waals surface area contributed by atoms with Gasteiger partial charge in [-0.05, 0) is 38.7 Å². The third-order valence-corrected chi connectivity index (χ3v) is 2.96. The van der Waals surface area contributed by atoms with E-state index in [1.54, 1.807) is 0 Å². The first-order chi connectivity index (χ1) is 10.3. The van der Waals surface area contributed by atoms with E-state index in [1.165, 1.54) is 5.56 Å². The topological polar surface area (TPSA) is 63.5 Å². The Labute approximate surface area is 128 Å². The van der Waals surface area contributed by atoms with Gasteiger partial charge in [-0.3, -0.25) is 9.67 Å². The minimum atomic E-state index is 0.780. The highest BCUT2D eigenvalue weighted by atomic mass is 16.5. The van der Waals surface area contributed by atoms with Crippen LogP contribution in [0.5, 0.6) is 0 Å². The highest BCUT2D eigenvalue weighted by Gasteiger charge is 1.98. The maximum Gasteiger partial charge on any atom is 0.191 e. The van der Waals surface area contributed by atoms with Crippen LogP contribution in [-0.4, -0.2) is 48.6 Å². The average Bonchev–Trinajstić information content (AvgIpc) is 2.88. The van der Waals surface area contributed by atoms with Crippen molar-refractivity contribution in [1.82, 2.24) is 20.4 Å². The van der Waals surface area contributed by atoms with Crippen molar-refractivity contribution in [3.8, 4) is 0 Å². The molecule has 0 unspecified atom stereocenters. The number of nitrogens with zero attached hydrogens (tertiary/aromatic N) is 3. The highest BCUT2D eigenvalue weighted by Crippen LogP contribution is 2.00. The molecule has 1 aromatic rings. The Morgan fingerprint density at radius 1 is 1.33 bits per heavy atom. The van der Waals surface area contributed by atoms with Crippen molar-refractivity contribution in [2.75, 3.05) is 32.8 Å². The summed E-state index contributed by atoms with van der Waals surface area (Å²) in [5.74, 6) is 0.889. The van der Waals surface area contributed by atoms with E-state index in [1.807, 2.05) is 24.9 Å². The van der Waals surface area contributed by atoms with Crippen molar-refractivity contribution in [3.05, 3.63) is 18.0 Å². The van der Waals surface area contributed by atoms with Gasteiger partial charge in [-0.1, -0.05) is 0 Å². The van der Waals surface area contributed by atoms with Crippen LogP contribution in [0.25, 0.3) is 0 Å². The minimum Gasteiger partial charge on any atom is -0.382 e. The van der Waals surface area contributed by atoms with Gasteiger partial charge in [0, 0.05) is 46.1 Å². The number of guanidine groups is 1. The Morgan fingerprint density at radius 3 is 2.86 bits per heavy atom. The summed E-state index contributed by atoms with van der Waals surface area (Å²) in [6.45, 7) is 8.24. The zero-order chi connectivity index (χ0) is 15.3. The van der Waals surface area contributed by atoms with Crippen LogP contribution in [0.3, 0.4) is 0 Å². The van der Waals surface area contributed by atoms with Gasteiger partial charge in [0.25, 0.3) is 0 Å². The predicted octanol–water partition coefficient (Wildman–Crippen LogP) is 1.33. The number of aliphatic imine (C=N–C) groups is 1. The summed E-state index contributed by atoms with van der Waals surface area (Å²) in [6, 6.07) is 0. The molecule has 1 heterocycles. The molecule has 0 radical (unpaired) electrons. The molecule has 0 saturated carbocycles. The van der Waals surface area contributed by atoms with Crippen molar-refractivity contribution in [1.29, 1.82) is 0 Å². The number of ether oxygens (including phenoxy) is 1. The summed E-state index contributed by atoms with van der Waals surface area (Å²) in [6.07, 6.45) is 7.01. The van der Waals surface area contributed by atoms with Crippen LogP contribution in [-0.2, 0) is 18.2 Å². The van der Waals surface area contributed by atoms with Crippen LogP contribution in [0.15, 0.2) is 17.4 Å². The molecular formula is C15H29N5O. The van der Waals surface area contributed by atoms with Gasteiger partial charge in [-0.2, -0.15) is 5.10 Å². The first-order valence-electron chi connectivity index (χ1n) is 7.83. The fourth-order valence-corrected chi connectivity index (χ4v) is 1.94. The molecule has 0 aliphatic rings. The Kier molecular flexibility index (Phi) is 9.28. The molecule has 21 heavy (non-hydrogen) atoms. The van der Waals surface area contributed by atoms with Crippen molar-refractivity contribution in [3.63, 3.8) is 0 Å². The smallest absolute Gasteiger partial charge is 0.191 e. The maximum atomic E-state index is 5.32. The zero-order valence-electron chi connectivity index (χ0n) is 13.6. The van der Waals surface area contributed by atoms with Gasteiger partial charge in [0.2, 0.25) is 0 Å². The quantitative estimate of drug-likeness (QED) is 0.388. The largest absolute Gasteiger partial charge is 0.382 e. The average molecular weight is 295 g/mol. The first-order valence-corrected chi connectivity index (χ1v) is 7.83. The third kappa shape index (κ3) is 8.34. The lowest BCUT2D eigenvalue weighted by Gasteiger charge is -2.11. The summed E-state index contributed by atoms with van der Waals surface area (Å²) in [5.41, 5.74) is 1.27. The van der Waals surface area contributed by atoms with Crippen LogP contribution in [0, 0.1) is 0 Å². The molecule has 0 aliphatic heterocycles. The van der Waals surface area contributed by atoms with Crippen LogP contribution in [0.2, 0.25) is 0 Å². The number of rotatable bonds is 10. The molecule has 0 aromatic carbocycles. The van der Waals surface area contributed by atoms with Crippen LogP contribution >= 0.6 is 0 Å². The standard InChI is InChI=1S/C15H29N5O/c1-4-16-15(18-10-7-11-21-5-2)17-9-6-8-14-12-19-20(3)13-14/h12-13H,4-11H2,1-3H3,(H2,16,17,18). The number of aromatic nitrogens is 2. The van der Waals surface area contributed by atoms with Gasteiger partial charge in [0.15, 0.2) is 5.96 Å². The Balaban J connectivity index is 2.20. The minimum absolute atomic E-state index is 0.780. The van der Waals surface area contributed by atoms with Gasteiger partial charge in [-0.15, -0.1) is 0 Å². The molecule has 0 fully saturated rings. The zero-order valence-corrected chi connectivity index (χ0v) is 13.6. The second-order valence-corrected chi connectivity index (χ2v) is 4.86. The molecule has 6 heteroatoms. The van der Waals surface area contributed by atoms with Gasteiger partial charge in [0.1, 0.15) is 0 Å². The summed E-state index contributed by atoms with van der Waals surface area (Å²) >= 11 is 0. The van der Waals surface area contributed by atoms with E-state index in [0.29, 0.717) is 0 Å². The fraction of sp³-hybridized carbons (Fsp3) is 0.733. The Bertz CT molecular complexity index is 403. The molecule has 0 bridgehead atoms. The van der Waals surface area contributed by atoms with Crippen molar-refractivity contribution in [2.45, 2.75) is 33.1 Å². The van der Waals surface area contributed by atoms with E-state index < -0.39 is 0 Å². The van der Waals surface area contributed by atoms with Crippen LogP contribution < -0.4 is 10.6 Å². The molecule has 6 nitrogen and oxygen atoms in total. The molecular weight excluding hydrogens is 266 g/mol. The lowest BCUT2D eigenvalue weighted by Crippen LogP contribution is -2.38. The second kappa shape index (κ2) is 11.1. The molecule has 120 valence electrons. The highest BCUT2D eigenvalue weighted by molar-refractivity contribution is 5.79. The number of nitrogens with one attached hydrogen (secondary N) is 2. The Morgan fingerprint density at radius 2 is 2.19 bits per heavy atom. The predicted molar refractivity (Wildman–Crippen MR) is 86.6 cm³/mol. The van der Waals surface area contributed by atoms with E-state index in [2.05, 4.69) is 33.8 Å². The van der Waals surface area contributed by atoms with Crippen molar-refractivity contribution >= 4 is 5.96 Å². The summed E-state index contributed by atoms with van der Waals surface area (Å²) in [5, 5.41) is 10.8. The van der Waals surface area contributed by atoms with Gasteiger partial charge >= 0.3 is 0 Å². The molecule has 1 rings (SSSR count). The first kappa shape index (κ1) is 17.5. The van der Waals surface area contributed by atoms with E-state index in [0.717, 1.165) is 58.1 Å². The number of aryl methyl sites for hydroxylation is 2. The SMILES string of the molecule is CCNC(=NCCCc1cnn(C)c1)NCCCOCC. The molecule has 1 aromatic heterocycles. The monoisotopic (exact) mass is 295 g/mol. The fourth-order valence-electron chi connectivity index (χ4n) is 1.94. The normalized spacial score (nSPS) is 11.7. The maximum absolute atomic E-state index is 5.32. The van der Waals surface area contributed by atoms with Crippen LogP contribution in [0.1, 0.15) is 32.3 Å². The molecule has 0 aliphatic carbocycles. The van der Waals surface area contributed by atoms with Gasteiger partial charge < -0.3 is 15.4 Å². The summed E-state index contributed by atoms with van der Waals surface area (Å²) in [4.78, 5) is 4.58. The van der Waals surface area contributed by atoms with Gasteiger partial charge in [-0.25, -0.2) is 0 Å². The van der Waals surface area contributed by atoms with E-state index >= 15 is 0 Å². The molecule has 2 N–H and O–H groups in total. The molecule has 0 atom stereocenters. The lowest BCUT2D eigenvalue weighted by molar-refractivity contribution is 0.145. The lowest BCUT2D eigenvalue weighted by atomic mass is 10.2. The Hall–Kier alpha value is -1.56. The third-order valence-electron chi connectivity index (χ3n) is 2.96. The van der Waals surface area contributed by atoms with Gasteiger partial charge in [0.05, 0.1) is 6.20 Å². The van der Waals surface area contributed by atoms with Crippen molar-refractivity contribution in [2.24, 2.45) is 12.0 Å².